The van der Waals surface area contributed by atoms with E-state index < -0.39 is 21.0 Å². The maximum Gasteiger partial charge on any atom is 0.342 e. The molecule has 0 saturated heterocycles. The molecule has 0 atom stereocenters. The van der Waals surface area contributed by atoms with E-state index >= 15 is 0 Å². The van der Waals surface area contributed by atoms with E-state index in [-0.39, 0.29) is 27.7 Å². The van der Waals surface area contributed by atoms with Gasteiger partial charge in [0.2, 0.25) is 16.6 Å². The van der Waals surface area contributed by atoms with E-state index in [2.05, 4.69) is 24.2 Å². The highest BCUT2D eigenvalue weighted by molar-refractivity contribution is 7.90. The van der Waals surface area contributed by atoms with Crippen molar-refractivity contribution in [3.63, 3.8) is 0 Å². The summed E-state index contributed by atoms with van der Waals surface area (Å²) in [6.07, 6.45) is 0. The molecule has 0 radical (unpaired) electrons. The van der Waals surface area contributed by atoms with Crippen LogP contribution in [0.5, 0.6) is 11.8 Å². The fraction of sp³-hybridized carbons (Fsp3) is 0.357. The van der Waals surface area contributed by atoms with Gasteiger partial charge in [0.05, 0.1) is 33.1 Å². The lowest BCUT2D eigenvalue weighted by atomic mass is 10.3. The molecule has 3 aromatic heterocycles. The van der Waals surface area contributed by atoms with Crippen LogP contribution in [0.2, 0.25) is 0 Å². The minimum atomic E-state index is -4.33. The number of ether oxygens (including phenoxy) is 3. The average molecular weight is 428 g/mol. The van der Waals surface area contributed by atoms with Gasteiger partial charge in [-0.2, -0.15) is 27.3 Å². The lowest BCUT2D eigenvalue weighted by Crippen LogP contribution is -2.14. The Kier molecular flexibility index (Phi) is 5.08. The van der Waals surface area contributed by atoms with Gasteiger partial charge in [0.25, 0.3) is 5.78 Å². The number of methoxy groups -OCH3 is 3. The van der Waals surface area contributed by atoms with Crippen molar-refractivity contribution in [2.45, 2.75) is 11.9 Å². The second-order valence-electron chi connectivity index (χ2n) is 5.37. The number of hydrogen-bond acceptors (Lipinski definition) is 10. The number of aryl methyl sites for hydroxylation is 2. The second-order valence-corrected chi connectivity index (χ2v) is 7.80. The summed E-state index contributed by atoms with van der Waals surface area (Å²) in [4.78, 5) is 20.1. The summed E-state index contributed by atoms with van der Waals surface area (Å²) >= 11 is 0.893. The molecule has 14 heteroatoms. The first-order valence-electron chi connectivity index (χ1n) is 7.63. The number of rotatable bonds is 5. The monoisotopic (exact) mass is 428 g/mol. The van der Waals surface area contributed by atoms with Gasteiger partial charge in [-0.25, -0.2) is 4.79 Å². The Balaban J connectivity index is 2.23. The van der Waals surface area contributed by atoms with Gasteiger partial charge >= 0.3 is 16.0 Å². The Bertz CT molecular complexity index is 1240. The number of carbonyl (C=O) groups excluding carboxylic acids is 1. The van der Waals surface area contributed by atoms with E-state index in [4.69, 9.17) is 9.47 Å². The van der Waals surface area contributed by atoms with Crippen LogP contribution >= 0.6 is 11.5 Å². The van der Waals surface area contributed by atoms with E-state index in [1.807, 2.05) is 0 Å². The molecular weight excluding hydrogens is 412 g/mol. The Labute approximate surface area is 163 Å². The zero-order chi connectivity index (χ0) is 20.6. The maximum atomic E-state index is 12.9. The van der Waals surface area contributed by atoms with Crippen molar-refractivity contribution in [1.82, 2.24) is 23.5 Å². The fourth-order valence-corrected chi connectivity index (χ4v) is 4.77. The summed E-state index contributed by atoms with van der Waals surface area (Å²) < 4.78 is 47.0. The summed E-state index contributed by atoms with van der Waals surface area (Å²) in [5.74, 6) is -0.104. The Morgan fingerprint density at radius 2 is 1.93 bits per heavy atom. The molecule has 12 nitrogen and oxygen atoms in total. The highest BCUT2D eigenvalue weighted by atomic mass is 32.2. The van der Waals surface area contributed by atoms with Crippen molar-refractivity contribution < 1.29 is 27.4 Å². The largest absolute Gasteiger partial charge is 0.481 e. The molecule has 3 heterocycles. The van der Waals surface area contributed by atoms with Crippen LogP contribution in [0.4, 0.5) is 0 Å². The van der Waals surface area contributed by atoms with Gasteiger partial charge in [0, 0.05) is 7.05 Å². The topological polar surface area (TPSA) is 139 Å². The maximum absolute atomic E-state index is 12.9. The summed E-state index contributed by atoms with van der Waals surface area (Å²) in [7, 11) is 1.08. The van der Waals surface area contributed by atoms with Crippen LogP contribution in [-0.4, -0.2) is 59.3 Å². The Morgan fingerprint density at radius 1 is 1.21 bits per heavy atom. The lowest BCUT2D eigenvalue weighted by molar-refractivity contribution is 0.0595. The Morgan fingerprint density at radius 3 is 2.54 bits per heavy atom. The molecule has 0 aromatic carbocycles. The molecule has 28 heavy (non-hydrogen) atoms. The third-order valence-electron chi connectivity index (χ3n) is 3.63. The highest BCUT2D eigenvalue weighted by Crippen LogP contribution is 2.22. The summed E-state index contributed by atoms with van der Waals surface area (Å²) in [6.45, 7) is 1.50. The van der Waals surface area contributed by atoms with Gasteiger partial charge in [0.15, 0.2) is 5.03 Å². The van der Waals surface area contributed by atoms with Crippen LogP contribution in [0.1, 0.15) is 16.1 Å². The van der Waals surface area contributed by atoms with Gasteiger partial charge in [-0.1, -0.05) is 0 Å². The highest BCUT2D eigenvalue weighted by Gasteiger charge is 2.30. The summed E-state index contributed by atoms with van der Waals surface area (Å²) in [5.41, 5.74) is 0.0229. The van der Waals surface area contributed by atoms with Crippen LogP contribution in [0.3, 0.4) is 0 Å². The number of sulfonamides is 1. The molecule has 3 aromatic rings. The predicted molar refractivity (Wildman–Crippen MR) is 96.0 cm³/mol. The van der Waals surface area contributed by atoms with Gasteiger partial charge in [0.1, 0.15) is 5.56 Å². The van der Waals surface area contributed by atoms with Crippen LogP contribution in [0.25, 0.3) is 5.78 Å². The number of esters is 1. The molecule has 0 fully saturated rings. The number of aromatic nitrogens is 5. The molecule has 0 N–H and O–H groups in total. The molecular formula is C14H16N6O6S2. The van der Waals surface area contributed by atoms with Crippen LogP contribution in [-0.2, 0) is 21.8 Å². The number of fused-ring (bicyclic) bond motifs is 1. The molecule has 0 spiro atoms. The van der Waals surface area contributed by atoms with Gasteiger partial charge < -0.3 is 14.2 Å². The van der Waals surface area contributed by atoms with Gasteiger partial charge in [-0.3, -0.25) is 4.68 Å². The van der Waals surface area contributed by atoms with Crippen molar-refractivity contribution in [2.75, 3.05) is 21.3 Å². The average Bonchev–Trinajstić information content (AvgIpc) is 3.18. The van der Waals surface area contributed by atoms with Crippen LogP contribution in [0, 0.1) is 6.92 Å². The molecule has 0 unspecified atom stereocenters. The minimum Gasteiger partial charge on any atom is -0.481 e. The molecule has 0 amide bonds. The number of nitrogens with zero attached hydrogens (tertiary/aromatic N) is 6. The zero-order valence-electron chi connectivity index (χ0n) is 15.5. The molecule has 0 bridgehead atoms. The predicted octanol–water partition coefficient (Wildman–Crippen LogP) is -0.0739. The van der Waals surface area contributed by atoms with Crippen molar-refractivity contribution in [2.24, 2.45) is 11.4 Å². The molecule has 0 aliphatic rings. The molecule has 0 saturated carbocycles. The molecule has 0 aliphatic heterocycles. The quantitative estimate of drug-likeness (QED) is 0.511. The van der Waals surface area contributed by atoms with Crippen molar-refractivity contribution in [3.05, 3.63) is 22.1 Å². The van der Waals surface area contributed by atoms with E-state index in [0.29, 0.717) is 5.88 Å². The van der Waals surface area contributed by atoms with Crippen molar-refractivity contribution >= 4 is 33.3 Å². The minimum absolute atomic E-state index is 0.117. The van der Waals surface area contributed by atoms with Gasteiger partial charge in [-0.05, 0) is 18.5 Å². The molecule has 3 rings (SSSR count). The fourth-order valence-electron chi connectivity index (χ4n) is 2.48. The van der Waals surface area contributed by atoms with Crippen molar-refractivity contribution in [1.29, 1.82) is 0 Å². The zero-order valence-corrected chi connectivity index (χ0v) is 17.2. The van der Waals surface area contributed by atoms with E-state index in [0.717, 1.165) is 23.3 Å². The van der Waals surface area contributed by atoms with Crippen molar-refractivity contribution in [3.8, 4) is 11.8 Å². The standard InChI is InChI=1S/C14H16N6O6S2/c1-7-10(12(21)26-5)11(19(2)17-7)28(22,23)18-14-16-13-15-8(24-3)6-9(25-4)20(13)27-14/h6H,1-5H3. The van der Waals surface area contributed by atoms with E-state index in [9.17, 15) is 13.2 Å². The van der Waals surface area contributed by atoms with Gasteiger partial charge in [-0.15, -0.1) is 4.40 Å². The van der Waals surface area contributed by atoms with E-state index in [1.165, 1.54) is 38.0 Å². The third kappa shape index (κ3) is 3.31. The first-order chi connectivity index (χ1) is 13.2. The third-order valence-corrected chi connectivity index (χ3v) is 5.99. The SMILES string of the molecule is COC(=O)c1c(C)nn(C)c1S(=O)(=O)N=c1nc2nc(OC)cc(OC)n2s1. The van der Waals surface area contributed by atoms with Crippen LogP contribution < -0.4 is 14.3 Å². The summed E-state index contributed by atoms with van der Waals surface area (Å²) in [5, 5.41) is 3.60. The molecule has 150 valence electrons. The first-order valence-corrected chi connectivity index (χ1v) is 9.85. The molecule has 0 aliphatic carbocycles. The number of hydrogen-bond donors (Lipinski definition) is 0. The Hall–Kier alpha value is -3.00. The summed E-state index contributed by atoms with van der Waals surface area (Å²) in [6, 6.07) is 1.52. The van der Waals surface area contributed by atoms with E-state index in [1.54, 1.807) is 0 Å². The number of carbonyl (C=O) groups is 1. The lowest BCUT2D eigenvalue weighted by Gasteiger charge is -2.03. The first kappa shape index (κ1) is 19.8. The second kappa shape index (κ2) is 7.20. The normalized spacial score (nSPS) is 12.4. The van der Waals surface area contributed by atoms with Crippen LogP contribution in [0.15, 0.2) is 15.5 Å². The smallest absolute Gasteiger partial charge is 0.342 e.